The highest BCUT2D eigenvalue weighted by atomic mass is 19.1. The smallest absolute Gasteiger partial charge is 0.227 e. The van der Waals surface area contributed by atoms with Crippen LogP contribution < -0.4 is 5.32 Å². The Kier molecular flexibility index (Phi) is 7.04. The first kappa shape index (κ1) is 21.5. The van der Waals surface area contributed by atoms with Crippen LogP contribution in [0.4, 0.5) is 4.39 Å². The number of rotatable bonds is 7. The van der Waals surface area contributed by atoms with Crippen LogP contribution in [0.5, 0.6) is 0 Å². The van der Waals surface area contributed by atoms with E-state index in [0.717, 1.165) is 12.8 Å². The molecular weight excluding hydrogens is 365 g/mol. The molecule has 0 saturated carbocycles. The van der Waals surface area contributed by atoms with E-state index in [2.05, 4.69) is 48.6 Å². The molecule has 0 bridgehead atoms. The Morgan fingerprint density at radius 1 is 1.10 bits per heavy atom. The first-order valence-electron chi connectivity index (χ1n) is 10.4. The molecule has 2 aromatic carbocycles. The van der Waals surface area contributed by atoms with Gasteiger partial charge in [0.25, 0.3) is 0 Å². The molecule has 1 aliphatic rings. The molecule has 1 unspecified atom stereocenters. The van der Waals surface area contributed by atoms with Gasteiger partial charge in [0.15, 0.2) is 0 Å². The molecule has 1 heterocycles. The molecule has 29 heavy (non-hydrogen) atoms. The molecule has 0 aromatic heterocycles. The SMILES string of the molecule is CNCC(Cc1ccccc1F)C(=O)N1CCC(c2ccccc2)(N(C)C)CC1. The number of nitrogens with zero attached hydrogens (tertiary/aromatic N) is 2. The summed E-state index contributed by atoms with van der Waals surface area (Å²) in [4.78, 5) is 17.5. The Hall–Kier alpha value is -2.24. The Balaban J connectivity index is 1.72. The van der Waals surface area contributed by atoms with Crippen LogP contribution in [0.15, 0.2) is 54.6 Å². The number of hydrogen-bond acceptors (Lipinski definition) is 3. The lowest BCUT2D eigenvalue weighted by Crippen LogP contribution is -2.53. The first-order chi connectivity index (χ1) is 14.0. The van der Waals surface area contributed by atoms with Gasteiger partial charge >= 0.3 is 0 Å². The number of halogens is 1. The maximum Gasteiger partial charge on any atom is 0.227 e. The lowest BCUT2D eigenvalue weighted by molar-refractivity contribution is -0.138. The Morgan fingerprint density at radius 3 is 2.31 bits per heavy atom. The second kappa shape index (κ2) is 9.51. The number of benzene rings is 2. The van der Waals surface area contributed by atoms with Crippen molar-refractivity contribution in [1.82, 2.24) is 15.1 Å². The van der Waals surface area contributed by atoms with Crippen molar-refractivity contribution in [3.05, 3.63) is 71.5 Å². The number of likely N-dealkylation sites (tertiary alicyclic amines) is 1. The fourth-order valence-electron chi connectivity index (χ4n) is 4.52. The van der Waals surface area contributed by atoms with Crippen molar-refractivity contribution in [2.75, 3.05) is 40.8 Å². The normalized spacial score (nSPS) is 17.3. The van der Waals surface area contributed by atoms with Crippen molar-refractivity contribution >= 4 is 5.91 Å². The van der Waals surface area contributed by atoms with Crippen molar-refractivity contribution in [3.63, 3.8) is 0 Å². The van der Waals surface area contributed by atoms with Crippen LogP contribution in [0.2, 0.25) is 0 Å². The summed E-state index contributed by atoms with van der Waals surface area (Å²) in [6, 6.07) is 17.3. The summed E-state index contributed by atoms with van der Waals surface area (Å²) in [5.74, 6) is -0.390. The molecule has 156 valence electrons. The van der Waals surface area contributed by atoms with E-state index < -0.39 is 0 Å². The highest BCUT2D eigenvalue weighted by Crippen LogP contribution is 2.37. The Morgan fingerprint density at radius 2 is 1.72 bits per heavy atom. The second-order valence-corrected chi connectivity index (χ2v) is 8.17. The highest BCUT2D eigenvalue weighted by Gasteiger charge is 2.40. The molecule has 5 heteroatoms. The van der Waals surface area contributed by atoms with Gasteiger partial charge in [-0.1, -0.05) is 48.5 Å². The summed E-state index contributed by atoms with van der Waals surface area (Å²) < 4.78 is 14.1. The zero-order valence-electron chi connectivity index (χ0n) is 17.7. The first-order valence-corrected chi connectivity index (χ1v) is 10.4. The summed E-state index contributed by atoms with van der Waals surface area (Å²) >= 11 is 0. The van der Waals surface area contributed by atoms with Crippen molar-refractivity contribution < 1.29 is 9.18 Å². The van der Waals surface area contributed by atoms with E-state index in [4.69, 9.17) is 0 Å². The largest absolute Gasteiger partial charge is 0.342 e. The van der Waals surface area contributed by atoms with E-state index in [1.807, 2.05) is 24.1 Å². The van der Waals surface area contributed by atoms with Gasteiger partial charge in [-0.25, -0.2) is 4.39 Å². The van der Waals surface area contributed by atoms with Gasteiger partial charge in [0.05, 0.1) is 5.92 Å². The average Bonchev–Trinajstić information content (AvgIpc) is 2.75. The standard InChI is InChI=1S/C24H32FN3O/c1-26-18-20(17-19-9-7-8-12-22(19)25)23(29)28-15-13-24(14-16-28,27(2)3)21-10-5-4-6-11-21/h4-12,20,26H,13-18H2,1-3H3. The number of carbonyl (C=O) groups is 1. The van der Waals surface area contributed by atoms with E-state index in [0.29, 0.717) is 31.6 Å². The van der Waals surface area contributed by atoms with Gasteiger partial charge in [-0.3, -0.25) is 9.69 Å². The fraction of sp³-hybridized carbons (Fsp3) is 0.458. The number of carbonyl (C=O) groups excluding carboxylic acids is 1. The van der Waals surface area contributed by atoms with E-state index in [1.54, 1.807) is 12.1 Å². The molecule has 2 aromatic rings. The third kappa shape index (κ3) is 4.68. The number of piperidine rings is 1. The molecule has 1 amide bonds. The molecule has 1 aliphatic heterocycles. The van der Waals surface area contributed by atoms with Gasteiger partial charge in [0.1, 0.15) is 5.82 Å². The summed E-state index contributed by atoms with van der Waals surface area (Å²) in [5.41, 5.74) is 1.85. The second-order valence-electron chi connectivity index (χ2n) is 8.17. The van der Waals surface area contributed by atoms with Crippen molar-refractivity contribution in [2.45, 2.75) is 24.8 Å². The lowest BCUT2D eigenvalue weighted by Gasteiger charge is -2.47. The monoisotopic (exact) mass is 397 g/mol. The van der Waals surface area contributed by atoms with Crippen molar-refractivity contribution in [3.8, 4) is 0 Å². The maximum absolute atomic E-state index is 14.1. The molecule has 0 spiro atoms. The minimum atomic E-state index is -0.263. The maximum atomic E-state index is 14.1. The molecule has 0 radical (unpaired) electrons. The predicted octanol–water partition coefficient (Wildman–Crippen LogP) is 3.28. The van der Waals surface area contributed by atoms with Gasteiger partial charge in [-0.2, -0.15) is 0 Å². The molecule has 1 N–H and O–H groups in total. The molecule has 0 aliphatic carbocycles. The minimum absolute atomic E-state index is 0.0535. The number of nitrogens with one attached hydrogen (secondary N) is 1. The van der Waals surface area contributed by atoms with Gasteiger partial charge in [-0.15, -0.1) is 0 Å². The van der Waals surface area contributed by atoms with Crippen LogP contribution in [0.25, 0.3) is 0 Å². The van der Waals surface area contributed by atoms with Crippen LogP contribution in [-0.4, -0.2) is 56.5 Å². The third-order valence-corrected chi connectivity index (χ3v) is 6.29. The molecule has 1 saturated heterocycles. The quantitative estimate of drug-likeness (QED) is 0.779. The van der Waals surface area contributed by atoms with Gasteiger partial charge < -0.3 is 10.2 Å². The Labute approximate surface area is 173 Å². The van der Waals surface area contributed by atoms with E-state index >= 15 is 0 Å². The summed E-state index contributed by atoms with van der Waals surface area (Å²) in [6.07, 6.45) is 2.20. The van der Waals surface area contributed by atoms with Gasteiger partial charge in [0, 0.05) is 25.2 Å². The molecular formula is C24H32FN3O. The fourth-order valence-corrected chi connectivity index (χ4v) is 4.52. The summed E-state index contributed by atoms with van der Waals surface area (Å²) in [6.45, 7) is 1.97. The Bertz CT molecular complexity index is 801. The number of hydrogen-bond donors (Lipinski definition) is 1. The number of amides is 1. The van der Waals surface area contributed by atoms with Crippen LogP contribution in [0.1, 0.15) is 24.0 Å². The van der Waals surface area contributed by atoms with Gasteiger partial charge in [0.2, 0.25) is 5.91 Å². The van der Waals surface area contributed by atoms with Crippen LogP contribution in [0.3, 0.4) is 0 Å². The minimum Gasteiger partial charge on any atom is -0.342 e. The molecule has 4 nitrogen and oxygen atoms in total. The van der Waals surface area contributed by atoms with Crippen molar-refractivity contribution in [1.29, 1.82) is 0 Å². The zero-order valence-corrected chi connectivity index (χ0v) is 17.7. The van der Waals surface area contributed by atoms with Crippen LogP contribution >= 0.6 is 0 Å². The summed E-state index contributed by atoms with van der Waals surface area (Å²) in [7, 11) is 6.07. The highest BCUT2D eigenvalue weighted by molar-refractivity contribution is 5.79. The van der Waals surface area contributed by atoms with Crippen LogP contribution in [-0.2, 0) is 16.8 Å². The van der Waals surface area contributed by atoms with Gasteiger partial charge in [-0.05, 0) is 57.6 Å². The molecule has 3 rings (SSSR count). The lowest BCUT2D eigenvalue weighted by atomic mass is 9.79. The summed E-state index contributed by atoms with van der Waals surface area (Å²) in [5, 5.41) is 3.11. The van der Waals surface area contributed by atoms with Crippen LogP contribution in [0, 0.1) is 11.7 Å². The molecule has 1 fully saturated rings. The average molecular weight is 398 g/mol. The van der Waals surface area contributed by atoms with E-state index in [-0.39, 0.29) is 23.2 Å². The molecule has 1 atom stereocenters. The predicted molar refractivity (Wildman–Crippen MR) is 115 cm³/mol. The van der Waals surface area contributed by atoms with E-state index in [9.17, 15) is 9.18 Å². The van der Waals surface area contributed by atoms with Crippen molar-refractivity contribution in [2.24, 2.45) is 5.92 Å². The topological polar surface area (TPSA) is 35.6 Å². The van der Waals surface area contributed by atoms with E-state index in [1.165, 1.54) is 11.6 Å². The zero-order chi connectivity index (χ0) is 20.9. The third-order valence-electron chi connectivity index (χ3n) is 6.29.